The Labute approximate surface area is 161 Å². The molecule has 0 spiro atoms. The third-order valence-corrected chi connectivity index (χ3v) is 6.28. The van der Waals surface area contributed by atoms with E-state index in [1.807, 2.05) is 16.8 Å². The fourth-order valence-electron chi connectivity index (χ4n) is 2.44. The summed E-state index contributed by atoms with van der Waals surface area (Å²) >= 11 is 9.73. The maximum Gasteiger partial charge on any atom is 0.140 e. The van der Waals surface area contributed by atoms with E-state index in [9.17, 15) is 0 Å². The van der Waals surface area contributed by atoms with E-state index in [0.717, 1.165) is 34.8 Å². The van der Waals surface area contributed by atoms with Gasteiger partial charge in [-0.25, -0.2) is 9.67 Å². The van der Waals surface area contributed by atoms with E-state index in [1.165, 1.54) is 0 Å². The maximum atomic E-state index is 6.34. The first-order chi connectivity index (χ1) is 11.8. The van der Waals surface area contributed by atoms with Crippen LogP contribution < -0.4 is 0 Å². The Bertz CT molecular complexity index is 894. The van der Waals surface area contributed by atoms with Gasteiger partial charge in [0.2, 0.25) is 0 Å². The summed E-state index contributed by atoms with van der Waals surface area (Å²) in [5.41, 5.74) is 2.58. The van der Waals surface area contributed by atoms with E-state index in [4.69, 9.17) is 21.4 Å². The molecule has 0 aliphatic rings. The zero-order valence-corrected chi connectivity index (χ0v) is 17.8. The Morgan fingerprint density at radius 1 is 1.28 bits per heavy atom. The smallest absolute Gasteiger partial charge is 0.140 e. The zero-order chi connectivity index (χ0) is 18.0. The van der Waals surface area contributed by atoms with E-state index >= 15 is 0 Å². The van der Waals surface area contributed by atoms with Gasteiger partial charge in [0.1, 0.15) is 17.0 Å². The highest BCUT2D eigenvalue weighted by Gasteiger charge is 2.16. The van der Waals surface area contributed by atoms with Gasteiger partial charge in [-0.15, -0.1) is 0 Å². The van der Waals surface area contributed by atoms with E-state index in [-0.39, 0.29) is 0 Å². The summed E-state index contributed by atoms with van der Waals surface area (Å²) in [6.45, 7) is 8.18. The number of halogens is 2. The molecule has 5 nitrogen and oxygen atoms in total. The Morgan fingerprint density at radius 3 is 2.84 bits per heavy atom. The van der Waals surface area contributed by atoms with Crippen molar-refractivity contribution in [3.63, 3.8) is 0 Å². The van der Waals surface area contributed by atoms with Crippen molar-refractivity contribution in [3.05, 3.63) is 40.3 Å². The molecule has 0 N–H and O–H groups in total. The topological polar surface area (TPSA) is 52.8 Å². The zero-order valence-electron chi connectivity index (χ0n) is 14.5. The summed E-state index contributed by atoms with van der Waals surface area (Å²) in [6, 6.07) is 4.94. The molecule has 0 bridgehead atoms. The van der Waals surface area contributed by atoms with Gasteiger partial charge >= 0.3 is 0 Å². The minimum atomic E-state index is -1.10. The van der Waals surface area contributed by atoms with E-state index < -0.39 is 8.07 Å². The molecule has 0 saturated carbocycles. The van der Waals surface area contributed by atoms with Gasteiger partial charge in [0.25, 0.3) is 0 Å². The number of rotatable bonds is 6. The minimum absolute atomic E-state index is 0.412. The molecule has 3 rings (SSSR count). The van der Waals surface area contributed by atoms with Crippen LogP contribution in [-0.2, 0) is 11.5 Å². The average molecular weight is 440 g/mol. The molecular weight excluding hydrogens is 420 g/mol. The highest BCUT2D eigenvalue weighted by Crippen LogP contribution is 2.33. The Morgan fingerprint density at radius 2 is 2.08 bits per heavy atom. The molecule has 0 fully saturated rings. The molecule has 0 amide bonds. The first-order valence-electron chi connectivity index (χ1n) is 8.05. The van der Waals surface area contributed by atoms with Crippen molar-refractivity contribution in [2.75, 3.05) is 6.61 Å². The predicted molar refractivity (Wildman–Crippen MR) is 108 cm³/mol. The lowest BCUT2D eigenvalue weighted by molar-refractivity contribution is 0.0818. The van der Waals surface area contributed by atoms with Gasteiger partial charge in [-0.3, -0.25) is 4.98 Å². The highest BCUT2D eigenvalue weighted by atomic mass is 79.9. The maximum absolute atomic E-state index is 6.34. The molecule has 0 aliphatic carbocycles. The van der Waals surface area contributed by atoms with E-state index in [1.54, 1.807) is 18.6 Å². The molecule has 25 heavy (non-hydrogen) atoms. The molecule has 3 heterocycles. The third kappa shape index (κ3) is 4.47. The number of hydrogen-bond donors (Lipinski definition) is 0. The monoisotopic (exact) mass is 438 g/mol. The molecule has 0 saturated heterocycles. The van der Waals surface area contributed by atoms with Crippen LogP contribution in [0.1, 0.15) is 0 Å². The molecular formula is C17H20BrClN4OSi. The lowest BCUT2D eigenvalue weighted by Crippen LogP contribution is -2.22. The second-order valence-electron chi connectivity index (χ2n) is 7.08. The summed E-state index contributed by atoms with van der Waals surface area (Å²) in [4.78, 5) is 8.38. The van der Waals surface area contributed by atoms with Crippen molar-refractivity contribution in [1.82, 2.24) is 19.7 Å². The summed E-state index contributed by atoms with van der Waals surface area (Å²) in [5.74, 6) is 0. The van der Waals surface area contributed by atoms with Crippen LogP contribution in [0.5, 0.6) is 0 Å². The quantitative estimate of drug-likeness (QED) is 0.300. The van der Waals surface area contributed by atoms with Crippen LogP contribution in [0.3, 0.4) is 0 Å². The number of ether oxygens (including phenoxy) is 1. The summed E-state index contributed by atoms with van der Waals surface area (Å²) in [7, 11) is -1.10. The Hall–Kier alpha value is -1.28. The van der Waals surface area contributed by atoms with Crippen LogP contribution >= 0.6 is 27.5 Å². The average Bonchev–Trinajstić information content (AvgIpc) is 2.92. The largest absolute Gasteiger partial charge is 0.360 e. The van der Waals surface area contributed by atoms with Crippen LogP contribution in [-0.4, -0.2) is 34.4 Å². The van der Waals surface area contributed by atoms with Gasteiger partial charge in [-0.1, -0.05) is 31.2 Å². The number of nitrogens with zero attached hydrogens (tertiary/aromatic N) is 4. The van der Waals surface area contributed by atoms with Crippen molar-refractivity contribution >= 4 is 46.5 Å². The molecule has 0 radical (unpaired) electrons. The lowest BCUT2D eigenvalue weighted by atomic mass is 10.1. The second-order valence-corrected chi connectivity index (χ2v) is 13.9. The van der Waals surface area contributed by atoms with Gasteiger partial charge < -0.3 is 4.74 Å². The first-order valence-corrected chi connectivity index (χ1v) is 12.9. The first kappa shape index (κ1) is 18.5. The molecule has 3 aromatic rings. The van der Waals surface area contributed by atoms with Crippen LogP contribution in [0.25, 0.3) is 22.2 Å². The summed E-state index contributed by atoms with van der Waals surface area (Å²) in [5, 5.41) is 6.22. The van der Waals surface area contributed by atoms with Crippen LogP contribution in [0.15, 0.2) is 35.3 Å². The molecule has 0 unspecified atom stereocenters. The number of fused-ring (bicyclic) bond motifs is 1. The van der Waals surface area contributed by atoms with Gasteiger partial charge in [0.15, 0.2) is 0 Å². The molecule has 132 valence electrons. The standard InChI is InChI=1S/C17H20BrClN4OSi/c1-25(2,3)7-6-24-11-23-15-4-5-20-9-13(15)17(22-23)12-8-16(18)21-10-14(12)19/h4-5,8-10H,6-7,11H2,1-3H3. The van der Waals surface area contributed by atoms with E-state index in [0.29, 0.717) is 16.4 Å². The van der Waals surface area contributed by atoms with Crippen molar-refractivity contribution in [2.45, 2.75) is 32.4 Å². The second kappa shape index (κ2) is 7.53. The minimum Gasteiger partial charge on any atom is -0.360 e. The fourth-order valence-corrected chi connectivity index (χ4v) is 3.73. The van der Waals surface area contributed by atoms with Crippen molar-refractivity contribution in [3.8, 4) is 11.3 Å². The van der Waals surface area contributed by atoms with Crippen molar-refractivity contribution in [1.29, 1.82) is 0 Å². The van der Waals surface area contributed by atoms with Gasteiger partial charge in [0, 0.05) is 44.2 Å². The fraction of sp³-hybridized carbons (Fsp3) is 0.353. The Kier molecular flexibility index (Phi) is 5.58. The van der Waals surface area contributed by atoms with Crippen LogP contribution in [0, 0.1) is 0 Å². The SMILES string of the molecule is C[Si](C)(C)CCOCn1nc(-c2cc(Br)ncc2Cl)c2cnccc21. The molecule has 8 heteroatoms. The van der Waals surface area contributed by atoms with Crippen molar-refractivity contribution in [2.24, 2.45) is 0 Å². The normalized spacial score (nSPS) is 12.0. The summed E-state index contributed by atoms with van der Waals surface area (Å²) < 4.78 is 8.44. The molecule has 0 aliphatic heterocycles. The number of aromatic nitrogens is 4. The van der Waals surface area contributed by atoms with Crippen molar-refractivity contribution < 1.29 is 4.74 Å². The predicted octanol–water partition coefficient (Wildman–Crippen LogP) is 5.22. The molecule has 0 atom stereocenters. The summed E-state index contributed by atoms with van der Waals surface area (Å²) in [6.07, 6.45) is 5.18. The molecule has 3 aromatic heterocycles. The van der Waals surface area contributed by atoms with E-state index in [2.05, 4.69) is 45.5 Å². The van der Waals surface area contributed by atoms with Crippen LogP contribution in [0.4, 0.5) is 0 Å². The molecule has 0 aromatic carbocycles. The van der Waals surface area contributed by atoms with Gasteiger partial charge in [-0.2, -0.15) is 5.10 Å². The highest BCUT2D eigenvalue weighted by molar-refractivity contribution is 9.10. The van der Waals surface area contributed by atoms with Gasteiger partial charge in [0.05, 0.1) is 10.5 Å². The Balaban J connectivity index is 1.92. The number of hydrogen-bond acceptors (Lipinski definition) is 4. The van der Waals surface area contributed by atoms with Gasteiger partial charge in [-0.05, 0) is 34.1 Å². The third-order valence-electron chi connectivity index (χ3n) is 3.84. The number of pyridine rings is 2. The lowest BCUT2D eigenvalue weighted by Gasteiger charge is -2.15. The van der Waals surface area contributed by atoms with Crippen LogP contribution in [0.2, 0.25) is 30.7 Å².